The summed E-state index contributed by atoms with van der Waals surface area (Å²) in [5.41, 5.74) is 4.42. The van der Waals surface area contributed by atoms with Crippen LogP contribution in [0.3, 0.4) is 0 Å². The molecule has 0 aliphatic carbocycles. The van der Waals surface area contributed by atoms with Gasteiger partial charge in [-0.15, -0.1) is 0 Å². The van der Waals surface area contributed by atoms with Gasteiger partial charge in [0.15, 0.2) is 0 Å². The van der Waals surface area contributed by atoms with Crippen LogP contribution in [-0.4, -0.2) is 59.6 Å². The second-order valence-corrected chi connectivity index (χ2v) is 3.33. The maximum atomic E-state index is 10.5. The Kier molecular flexibility index (Phi) is 11.0. The summed E-state index contributed by atoms with van der Waals surface area (Å²) in [6.07, 6.45) is 0. The Morgan fingerprint density at radius 1 is 1.25 bits per heavy atom. The van der Waals surface area contributed by atoms with Crippen molar-refractivity contribution in [2.75, 3.05) is 13.1 Å². The summed E-state index contributed by atoms with van der Waals surface area (Å²) in [6, 6.07) is 0. The van der Waals surface area contributed by atoms with Gasteiger partial charge in [0.25, 0.3) is 0 Å². The fourth-order valence-electron chi connectivity index (χ4n) is 0.482. The molecule has 4 nitrogen and oxygen atoms in total. The molecule has 0 fully saturated rings. The predicted octanol–water partition coefficient (Wildman–Crippen LogP) is -0.150. The van der Waals surface area contributed by atoms with Crippen molar-refractivity contribution in [1.29, 1.82) is 0 Å². The summed E-state index contributed by atoms with van der Waals surface area (Å²) in [4.78, 5) is 20.9. The molecule has 0 rings (SSSR count). The standard InChI is InChI=1S/C5H10NOSe.CH2NOSe/c1-3-6(4-2)5(7)8;2-1(3)4/h3-4H2,1-2H3;(H2,2,3). The van der Waals surface area contributed by atoms with E-state index in [0.717, 1.165) is 13.1 Å². The van der Waals surface area contributed by atoms with Gasteiger partial charge >= 0.3 is 88.8 Å². The Bertz CT molecular complexity index is 144. The van der Waals surface area contributed by atoms with Crippen LogP contribution in [0.25, 0.3) is 0 Å². The number of primary amides is 1. The van der Waals surface area contributed by atoms with E-state index < -0.39 is 4.81 Å². The molecular formula is C6H12N2O2Se2. The van der Waals surface area contributed by atoms with Gasteiger partial charge in [-0.25, -0.2) is 0 Å². The summed E-state index contributed by atoms with van der Waals surface area (Å²) in [5, 5.41) is 0. The zero-order valence-corrected chi connectivity index (χ0v) is 10.5. The van der Waals surface area contributed by atoms with Gasteiger partial charge < -0.3 is 0 Å². The first-order chi connectivity index (χ1) is 5.45. The maximum absolute atomic E-state index is 10.5. The summed E-state index contributed by atoms with van der Waals surface area (Å²) in [5.74, 6) is 0. The Hall–Kier alpha value is -0.0210. The third kappa shape index (κ3) is 12.6. The molecule has 0 aromatic carbocycles. The van der Waals surface area contributed by atoms with E-state index in [0.29, 0.717) is 0 Å². The molecule has 0 aromatic rings. The monoisotopic (exact) mass is 304 g/mol. The minimum absolute atomic E-state index is 0.0370. The van der Waals surface area contributed by atoms with Crippen LogP contribution in [0.2, 0.25) is 0 Å². The van der Waals surface area contributed by atoms with Gasteiger partial charge in [-0.2, -0.15) is 0 Å². The average molecular weight is 302 g/mol. The zero-order chi connectivity index (χ0) is 10.1. The Balaban J connectivity index is 0. The van der Waals surface area contributed by atoms with Crippen LogP contribution >= 0.6 is 0 Å². The van der Waals surface area contributed by atoms with Gasteiger partial charge in [0.1, 0.15) is 0 Å². The van der Waals surface area contributed by atoms with Gasteiger partial charge in [-0.05, 0) is 0 Å². The van der Waals surface area contributed by atoms with Gasteiger partial charge in [-0.1, -0.05) is 0 Å². The van der Waals surface area contributed by atoms with Gasteiger partial charge in [0.2, 0.25) is 0 Å². The van der Waals surface area contributed by atoms with Crippen molar-refractivity contribution >= 4 is 41.6 Å². The van der Waals surface area contributed by atoms with E-state index in [4.69, 9.17) is 4.79 Å². The number of hydrogen-bond donors (Lipinski definition) is 1. The van der Waals surface area contributed by atoms with E-state index in [2.05, 4.69) is 21.7 Å². The number of nitrogens with two attached hydrogens (primary N) is 1. The summed E-state index contributed by atoms with van der Waals surface area (Å²) >= 11 is 4.47. The molecule has 0 aromatic heterocycles. The SMILES string of the molecule is CCN(CC)C(=O)[Se].NC(=O)[Se]. The first kappa shape index (κ1) is 14.5. The molecule has 2 N–H and O–H groups in total. The van der Waals surface area contributed by atoms with Crippen molar-refractivity contribution in [2.24, 2.45) is 5.73 Å². The summed E-state index contributed by atoms with van der Waals surface area (Å²) in [6.45, 7) is 5.50. The van der Waals surface area contributed by atoms with Crippen molar-refractivity contribution in [3.63, 3.8) is 0 Å². The van der Waals surface area contributed by atoms with Crippen LogP contribution in [0.4, 0.5) is 9.59 Å². The second kappa shape index (κ2) is 9.07. The average Bonchev–Trinajstić information content (AvgIpc) is 1.87. The molecule has 70 valence electrons. The minimum atomic E-state index is -0.458. The molecule has 0 aliphatic heterocycles. The fourth-order valence-corrected chi connectivity index (χ4v) is 1.02. The molecule has 0 saturated carbocycles. The van der Waals surface area contributed by atoms with E-state index >= 15 is 0 Å². The van der Waals surface area contributed by atoms with Crippen molar-refractivity contribution in [1.82, 2.24) is 4.90 Å². The fraction of sp³-hybridized carbons (Fsp3) is 0.667. The molecule has 6 heteroatoms. The predicted molar refractivity (Wildman–Crippen MR) is 49.4 cm³/mol. The summed E-state index contributed by atoms with van der Waals surface area (Å²) < 4.78 is 0. The number of carbonyl (C=O) groups is 2. The number of carbonyl (C=O) groups excluding carboxylic acids is 2. The zero-order valence-electron chi connectivity index (χ0n) is 7.07. The van der Waals surface area contributed by atoms with E-state index in [1.54, 1.807) is 4.90 Å². The number of amides is 2. The first-order valence-corrected chi connectivity index (χ1v) is 5.09. The van der Waals surface area contributed by atoms with Gasteiger partial charge in [0.05, 0.1) is 0 Å². The topological polar surface area (TPSA) is 63.4 Å². The summed E-state index contributed by atoms with van der Waals surface area (Å²) in [7, 11) is 0. The number of nitrogens with zero attached hydrogens (tertiary/aromatic N) is 1. The molecule has 0 spiro atoms. The number of rotatable bonds is 2. The Morgan fingerprint density at radius 2 is 1.50 bits per heavy atom. The Labute approximate surface area is 88.9 Å². The molecule has 0 bridgehead atoms. The van der Waals surface area contributed by atoms with Crippen molar-refractivity contribution < 1.29 is 9.59 Å². The van der Waals surface area contributed by atoms with E-state index in [1.807, 2.05) is 29.9 Å². The van der Waals surface area contributed by atoms with Gasteiger partial charge in [-0.3, -0.25) is 0 Å². The van der Waals surface area contributed by atoms with Crippen LogP contribution in [0.5, 0.6) is 0 Å². The third-order valence-corrected chi connectivity index (χ3v) is 1.56. The van der Waals surface area contributed by atoms with Crippen molar-refractivity contribution in [3.8, 4) is 0 Å². The molecule has 0 heterocycles. The molecular weight excluding hydrogens is 290 g/mol. The molecule has 0 unspecified atom stereocenters. The molecule has 2 amide bonds. The normalized spacial score (nSPS) is 7.83. The first-order valence-electron chi connectivity index (χ1n) is 3.38. The van der Waals surface area contributed by atoms with Crippen LogP contribution < -0.4 is 5.73 Å². The van der Waals surface area contributed by atoms with Gasteiger partial charge in [0, 0.05) is 0 Å². The second-order valence-electron chi connectivity index (χ2n) is 1.76. The van der Waals surface area contributed by atoms with Crippen molar-refractivity contribution in [2.45, 2.75) is 13.8 Å². The molecule has 12 heavy (non-hydrogen) atoms. The third-order valence-electron chi connectivity index (χ3n) is 1.02. The van der Waals surface area contributed by atoms with E-state index in [1.165, 1.54) is 0 Å². The molecule has 0 aliphatic rings. The van der Waals surface area contributed by atoms with Crippen LogP contribution in [0, 0.1) is 0 Å². The number of hydrogen-bond acceptors (Lipinski definition) is 2. The molecule has 0 saturated heterocycles. The van der Waals surface area contributed by atoms with E-state index in [-0.39, 0.29) is 4.81 Å². The molecule has 0 atom stereocenters. The quantitative estimate of drug-likeness (QED) is 0.721. The van der Waals surface area contributed by atoms with Crippen LogP contribution in [-0.2, 0) is 0 Å². The Morgan fingerprint density at radius 3 is 1.50 bits per heavy atom. The van der Waals surface area contributed by atoms with Crippen LogP contribution in [0.15, 0.2) is 0 Å². The molecule has 2 radical (unpaired) electrons. The van der Waals surface area contributed by atoms with Crippen LogP contribution in [0.1, 0.15) is 13.8 Å². The van der Waals surface area contributed by atoms with E-state index in [9.17, 15) is 4.79 Å². The van der Waals surface area contributed by atoms with Crippen molar-refractivity contribution in [3.05, 3.63) is 0 Å².